The molecule has 0 saturated heterocycles. The summed E-state index contributed by atoms with van der Waals surface area (Å²) < 4.78 is 17.0. The maximum absolute atomic E-state index is 13.4. The quantitative estimate of drug-likeness (QED) is 0.421. The van der Waals surface area contributed by atoms with E-state index in [1.54, 1.807) is 0 Å². The van der Waals surface area contributed by atoms with E-state index in [0.29, 0.717) is 24.2 Å². The third-order valence-electron chi connectivity index (χ3n) is 8.05. The number of nitrogens with zero attached hydrogens (tertiary/aromatic N) is 3. The van der Waals surface area contributed by atoms with Crippen LogP contribution in [0.25, 0.3) is 0 Å². The second kappa shape index (κ2) is 10.7. The fourth-order valence-electron chi connectivity index (χ4n) is 5.73. The number of benzene rings is 1. The molecule has 0 unspecified atom stereocenters. The number of alkyl carbamates (subject to hydrolysis) is 1. The maximum atomic E-state index is 13.4. The van der Waals surface area contributed by atoms with Crippen LogP contribution in [-0.4, -0.2) is 57.1 Å². The van der Waals surface area contributed by atoms with Gasteiger partial charge in [-0.2, -0.15) is 4.98 Å². The van der Waals surface area contributed by atoms with E-state index >= 15 is 0 Å². The van der Waals surface area contributed by atoms with Crippen molar-refractivity contribution in [3.63, 3.8) is 0 Å². The van der Waals surface area contributed by atoms with Gasteiger partial charge >= 0.3 is 12.2 Å². The molecule has 3 saturated carbocycles. The highest BCUT2D eigenvalue weighted by atomic mass is 16.6. The highest BCUT2D eigenvalue weighted by molar-refractivity contribution is 5.70. The maximum Gasteiger partial charge on any atom is 0.410 e. The van der Waals surface area contributed by atoms with Crippen LogP contribution in [0.3, 0.4) is 0 Å². The number of ether oxygens (including phenoxy) is 2. The Balaban J connectivity index is 1.22. The fourth-order valence-corrected chi connectivity index (χ4v) is 5.73. The van der Waals surface area contributed by atoms with Crippen LogP contribution in [-0.2, 0) is 14.9 Å². The summed E-state index contributed by atoms with van der Waals surface area (Å²) >= 11 is 0. The molecular formula is C31H44N4O5. The minimum absolute atomic E-state index is 0.0850. The Hall–Kier alpha value is -3.10. The van der Waals surface area contributed by atoms with Gasteiger partial charge in [0.25, 0.3) is 0 Å². The lowest BCUT2D eigenvalue weighted by Gasteiger charge is -2.30. The molecule has 2 aromatic rings. The van der Waals surface area contributed by atoms with Crippen molar-refractivity contribution >= 4 is 12.2 Å². The van der Waals surface area contributed by atoms with Gasteiger partial charge < -0.3 is 24.2 Å². The van der Waals surface area contributed by atoms with Gasteiger partial charge in [0.05, 0.1) is 5.41 Å². The zero-order chi connectivity index (χ0) is 28.7. The van der Waals surface area contributed by atoms with Crippen molar-refractivity contribution in [1.82, 2.24) is 20.4 Å². The monoisotopic (exact) mass is 552 g/mol. The van der Waals surface area contributed by atoms with E-state index in [9.17, 15) is 9.59 Å². The van der Waals surface area contributed by atoms with Crippen LogP contribution in [0.1, 0.15) is 116 Å². The van der Waals surface area contributed by atoms with Gasteiger partial charge in [-0.1, -0.05) is 35.5 Å². The molecule has 0 aliphatic heterocycles. The molecule has 1 aromatic carbocycles. The molecule has 9 heteroatoms. The average molecular weight is 553 g/mol. The molecule has 2 atom stereocenters. The molecule has 5 rings (SSSR count). The van der Waals surface area contributed by atoms with Crippen molar-refractivity contribution in [2.45, 2.75) is 127 Å². The first kappa shape index (κ1) is 28.4. The van der Waals surface area contributed by atoms with Crippen LogP contribution in [0.15, 0.2) is 34.9 Å². The van der Waals surface area contributed by atoms with E-state index in [0.717, 1.165) is 44.9 Å². The summed E-state index contributed by atoms with van der Waals surface area (Å²) in [6.45, 7) is 11.8. The molecule has 1 heterocycles. The Morgan fingerprint density at radius 1 is 1.00 bits per heavy atom. The standard InChI is InChI=1S/C31H44N4O5/c1-29(2,3)38-27(36)32-22-14-12-21(13-15-22)25-33-26(34-40-25)31(16-17-31)19-35(28(37)39-30(4,5)6)24-18-23(24)20-10-8-7-9-11-20/h7-11,21-24H,12-19H2,1-6H3,(H,32,36)/t21-,22-,23-,24+/m0/s1. The molecular weight excluding hydrogens is 508 g/mol. The minimum Gasteiger partial charge on any atom is -0.444 e. The third kappa shape index (κ3) is 6.96. The van der Waals surface area contributed by atoms with Gasteiger partial charge in [-0.3, -0.25) is 0 Å². The Labute approximate surface area is 237 Å². The molecule has 0 bridgehead atoms. The summed E-state index contributed by atoms with van der Waals surface area (Å²) in [4.78, 5) is 32.3. The number of aromatic nitrogens is 2. The predicted octanol–water partition coefficient (Wildman–Crippen LogP) is 6.45. The molecule has 3 aliphatic carbocycles. The van der Waals surface area contributed by atoms with Crippen LogP contribution in [0.4, 0.5) is 9.59 Å². The molecule has 0 spiro atoms. The van der Waals surface area contributed by atoms with Crippen molar-refractivity contribution in [2.75, 3.05) is 6.54 Å². The minimum atomic E-state index is -0.570. The van der Waals surface area contributed by atoms with Crippen molar-refractivity contribution in [3.05, 3.63) is 47.6 Å². The summed E-state index contributed by atoms with van der Waals surface area (Å²) in [6.07, 6.45) is 5.51. The highest BCUT2D eigenvalue weighted by Gasteiger charge is 2.55. The fraction of sp³-hybridized carbons (Fsp3) is 0.677. The molecule has 3 aliphatic rings. The molecule has 1 N–H and O–H groups in total. The molecule has 218 valence electrons. The highest BCUT2D eigenvalue weighted by Crippen LogP contribution is 2.52. The first-order chi connectivity index (χ1) is 18.8. The van der Waals surface area contributed by atoms with E-state index in [4.69, 9.17) is 19.0 Å². The number of hydrogen-bond donors (Lipinski definition) is 1. The summed E-state index contributed by atoms with van der Waals surface area (Å²) in [5.74, 6) is 1.84. The number of rotatable bonds is 7. The summed E-state index contributed by atoms with van der Waals surface area (Å²) in [5, 5.41) is 7.41. The summed E-state index contributed by atoms with van der Waals surface area (Å²) in [5.41, 5.74) is -0.122. The van der Waals surface area contributed by atoms with Gasteiger partial charge in [-0.25, -0.2) is 9.59 Å². The molecule has 40 heavy (non-hydrogen) atoms. The van der Waals surface area contributed by atoms with Crippen LogP contribution < -0.4 is 5.32 Å². The zero-order valence-electron chi connectivity index (χ0n) is 24.7. The van der Waals surface area contributed by atoms with Crippen molar-refractivity contribution in [3.8, 4) is 0 Å². The van der Waals surface area contributed by atoms with E-state index in [1.807, 2.05) is 64.6 Å². The van der Waals surface area contributed by atoms with Gasteiger partial charge in [-0.05, 0) is 92.1 Å². The summed E-state index contributed by atoms with van der Waals surface area (Å²) in [6, 6.07) is 10.6. The first-order valence-electron chi connectivity index (χ1n) is 14.7. The zero-order valence-corrected chi connectivity index (χ0v) is 24.7. The number of carbonyl (C=O) groups is 2. The lowest BCUT2D eigenvalue weighted by atomic mass is 9.86. The number of amides is 2. The van der Waals surface area contributed by atoms with Gasteiger partial charge in [0.2, 0.25) is 5.89 Å². The summed E-state index contributed by atoms with van der Waals surface area (Å²) in [7, 11) is 0. The van der Waals surface area contributed by atoms with Crippen molar-refractivity contribution in [1.29, 1.82) is 0 Å². The van der Waals surface area contributed by atoms with E-state index < -0.39 is 11.2 Å². The predicted molar refractivity (Wildman–Crippen MR) is 150 cm³/mol. The van der Waals surface area contributed by atoms with Gasteiger partial charge in [0.15, 0.2) is 5.82 Å². The van der Waals surface area contributed by atoms with Crippen LogP contribution in [0, 0.1) is 0 Å². The number of carbonyl (C=O) groups excluding carboxylic acids is 2. The Morgan fingerprint density at radius 3 is 2.25 bits per heavy atom. The Bertz CT molecular complexity index is 1190. The molecule has 9 nitrogen and oxygen atoms in total. The van der Waals surface area contributed by atoms with Crippen LogP contribution in [0.2, 0.25) is 0 Å². The molecule has 0 radical (unpaired) electrons. The molecule has 2 amide bonds. The van der Waals surface area contributed by atoms with E-state index in [1.165, 1.54) is 5.56 Å². The Kier molecular flexibility index (Phi) is 7.61. The Morgan fingerprint density at radius 2 is 1.65 bits per heavy atom. The number of nitrogens with one attached hydrogen (secondary N) is 1. The smallest absolute Gasteiger partial charge is 0.410 e. The molecule has 1 aromatic heterocycles. The number of hydrogen-bond acceptors (Lipinski definition) is 7. The van der Waals surface area contributed by atoms with Crippen LogP contribution in [0.5, 0.6) is 0 Å². The van der Waals surface area contributed by atoms with Gasteiger partial charge in [-0.15, -0.1) is 0 Å². The van der Waals surface area contributed by atoms with Gasteiger partial charge in [0, 0.05) is 30.5 Å². The second-order valence-electron chi connectivity index (χ2n) is 13.9. The lowest BCUT2D eigenvalue weighted by molar-refractivity contribution is 0.0208. The van der Waals surface area contributed by atoms with Crippen molar-refractivity contribution < 1.29 is 23.6 Å². The third-order valence-corrected chi connectivity index (χ3v) is 8.05. The second-order valence-corrected chi connectivity index (χ2v) is 13.9. The largest absolute Gasteiger partial charge is 0.444 e. The van der Waals surface area contributed by atoms with Crippen LogP contribution >= 0.6 is 0 Å². The topological polar surface area (TPSA) is 107 Å². The lowest BCUT2D eigenvalue weighted by Crippen LogP contribution is -2.43. The van der Waals surface area contributed by atoms with E-state index in [-0.39, 0.29) is 35.6 Å². The SMILES string of the molecule is CC(C)(C)OC(=O)N[C@H]1CC[C@H](c2nc(C3(CN(C(=O)OC(C)(C)C)[C@@H]4C[C@H]4c4ccccc4)CC3)no2)CC1. The average Bonchev–Trinajstić information content (AvgIpc) is 3.78. The van der Waals surface area contributed by atoms with E-state index in [2.05, 4.69) is 22.6 Å². The molecule has 3 fully saturated rings. The van der Waals surface area contributed by atoms with Gasteiger partial charge in [0.1, 0.15) is 11.2 Å². The van der Waals surface area contributed by atoms with Crippen molar-refractivity contribution in [2.24, 2.45) is 0 Å². The first-order valence-corrected chi connectivity index (χ1v) is 14.7. The normalized spacial score (nSPS) is 25.6.